The van der Waals surface area contributed by atoms with Crippen LogP contribution in [-0.4, -0.2) is 14.4 Å². The third kappa shape index (κ3) is 3.86. The summed E-state index contributed by atoms with van der Waals surface area (Å²) in [5, 5.41) is 0. The smallest absolute Gasteiger partial charge is 0.141 e. The van der Waals surface area contributed by atoms with Gasteiger partial charge in [0.05, 0.1) is 28.2 Å². The van der Waals surface area contributed by atoms with Crippen molar-refractivity contribution in [2.24, 2.45) is 0 Å². The summed E-state index contributed by atoms with van der Waals surface area (Å²) in [7, 11) is 0. The Kier molecular flexibility index (Phi) is 5.31. The molecule has 0 fully saturated rings. The molecule has 0 saturated heterocycles. The van der Waals surface area contributed by atoms with Crippen molar-refractivity contribution in [3.05, 3.63) is 84.6 Å². The molecule has 0 aliphatic heterocycles. The van der Waals surface area contributed by atoms with E-state index in [0.29, 0.717) is 4.90 Å². The van der Waals surface area contributed by atoms with Crippen LogP contribution in [0.15, 0.2) is 66.5 Å². The molecule has 0 bridgehead atoms. The molecule has 3 aromatic heterocycles. The molecule has 0 radical (unpaired) electrons. The Morgan fingerprint density at radius 2 is 1.97 bits per heavy atom. The number of hydrogen-bond acceptors (Lipinski definition) is 4. The molecule has 0 aliphatic carbocycles. The van der Waals surface area contributed by atoms with Crippen LogP contribution in [0.4, 0.5) is 14.5 Å². The first-order chi connectivity index (χ1) is 14.1. The maximum Gasteiger partial charge on any atom is 0.141 e. The summed E-state index contributed by atoms with van der Waals surface area (Å²) in [5.41, 5.74) is 5.26. The minimum atomic E-state index is -0.604. The number of benzene rings is 1. The molecule has 0 atom stereocenters. The van der Waals surface area contributed by atoms with E-state index in [9.17, 15) is 8.78 Å². The van der Waals surface area contributed by atoms with Crippen LogP contribution in [0.2, 0.25) is 0 Å². The standard InChI is InChI=1S/C22H18F2N4S/c1-3-17-12-26-22-8-5-14(13-28(17)22)15-9-20(19(4-2)25-11-15)27-29-21-7-6-16(23)10-18(21)24/h3,5-13,27H,1,4H2,2H3. The number of pyridine rings is 2. The Balaban J connectivity index is 1.67. The fourth-order valence-electron chi connectivity index (χ4n) is 3.01. The highest BCUT2D eigenvalue weighted by Gasteiger charge is 2.10. The molecular formula is C22H18F2N4S. The molecule has 1 aromatic carbocycles. The van der Waals surface area contributed by atoms with Gasteiger partial charge in [0.1, 0.15) is 17.3 Å². The van der Waals surface area contributed by atoms with Gasteiger partial charge >= 0.3 is 0 Å². The molecule has 0 unspecified atom stereocenters. The lowest BCUT2D eigenvalue weighted by molar-refractivity contribution is 0.566. The molecule has 0 aliphatic rings. The summed E-state index contributed by atoms with van der Waals surface area (Å²) in [6.07, 6.45) is 8.04. The largest absolute Gasteiger partial charge is 0.324 e. The van der Waals surface area contributed by atoms with Crippen molar-refractivity contribution in [3.63, 3.8) is 0 Å². The van der Waals surface area contributed by atoms with Crippen molar-refractivity contribution in [1.29, 1.82) is 0 Å². The first kappa shape index (κ1) is 19.1. The number of hydrogen-bond donors (Lipinski definition) is 1. The summed E-state index contributed by atoms with van der Waals surface area (Å²) < 4.78 is 32.2. The normalized spacial score (nSPS) is 11.0. The predicted molar refractivity (Wildman–Crippen MR) is 114 cm³/mol. The molecule has 4 rings (SSSR count). The SMILES string of the molecule is C=Cc1cnc2ccc(-c3cnc(CC)c(NSc4ccc(F)cc4F)c3)cn12. The fourth-order valence-corrected chi connectivity index (χ4v) is 3.70. The minimum Gasteiger partial charge on any atom is -0.324 e. The van der Waals surface area contributed by atoms with E-state index in [1.807, 2.05) is 41.9 Å². The van der Waals surface area contributed by atoms with E-state index in [2.05, 4.69) is 21.3 Å². The third-order valence-corrected chi connectivity index (χ3v) is 5.42. The molecule has 3 heterocycles. The molecule has 4 aromatic rings. The molecule has 0 amide bonds. The molecule has 0 saturated carbocycles. The topological polar surface area (TPSA) is 42.2 Å². The van der Waals surface area contributed by atoms with Crippen molar-refractivity contribution in [2.45, 2.75) is 18.2 Å². The molecular weight excluding hydrogens is 390 g/mol. The van der Waals surface area contributed by atoms with Crippen LogP contribution < -0.4 is 4.72 Å². The maximum atomic E-state index is 13.9. The van der Waals surface area contributed by atoms with Crippen molar-refractivity contribution < 1.29 is 8.78 Å². The average molecular weight is 408 g/mol. The van der Waals surface area contributed by atoms with E-state index in [1.54, 1.807) is 12.3 Å². The molecule has 4 nitrogen and oxygen atoms in total. The van der Waals surface area contributed by atoms with E-state index in [1.165, 1.54) is 12.1 Å². The molecule has 7 heteroatoms. The van der Waals surface area contributed by atoms with Gasteiger partial charge in [0, 0.05) is 29.6 Å². The van der Waals surface area contributed by atoms with Gasteiger partial charge in [0.15, 0.2) is 0 Å². The zero-order chi connectivity index (χ0) is 20.4. The van der Waals surface area contributed by atoms with Gasteiger partial charge in [-0.15, -0.1) is 0 Å². The van der Waals surface area contributed by atoms with Gasteiger partial charge in [0.2, 0.25) is 0 Å². The Bertz CT molecular complexity index is 1200. The first-order valence-corrected chi connectivity index (χ1v) is 9.87. The zero-order valence-electron chi connectivity index (χ0n) is 15.7. The zero-order valence-corrected chi connectivity index (χ0v) is 16.5. The summed E-state index contributed by atoms with van der Waals surface area (Å²) in [4.78, 5) is 9.22. The number of halogens is 2. The van der Waals surface area contributed by atoms with Gasteiger partial charge < -0.3 is 4.72 Å². The highest BCUT2D eigenvalue weighted by Crippen LogP contribution is 2.30. The van der Waals surface area contributed by atoms with Gasteiger partial charge in [-0.05, 0) is 54.8 Å². The third-order valence-electron chi connectivity index (χ3n) is 4.55. The fraction of sp³-hybridized carbons (Fsp3) is 0.0909. The maximum absolute atomic E-state index is 13.9. The van der Waals surface area contributed by atoms with Crippen LogP contribution >= 0.6 is 11.9 Å². The van der Waals surface area contributed by atoms with E-state index >= 15 is 0 Å². The lowest BCUT2D eigenvalue weighted by Gasteiger charge is -2.12. The quantitative estimate of drug-likeness (QED) is 0.397. The Morgan fingerprint density at radius 3 is 2.72 bits per heavy atom. The number of rotatable bonds is 6. The Labute approximate surface area is 171 Å². The number of nitrogens with zero attached hydrogens (tertiary/aromatic N) is 3. The average Bonchev–Trinajstić information content (AvgIpc) is 3.15. The van der Waals surface area contributed by atoms with Crippen LogP contribution in [0.3, 0.4) is 0 Å². The number of aromatic nitrogens is 3. The van der Waals surface area contributed by atoms with Gasteiger partial charge in [-0.25, -0.2) is 13.8 Å². The Hall–Kier alpha value is -3.19. The van der Waals surface area contributed by atoms with E-state index in [0.717, 1.165) is 58.3 Å². The lowest BCUT2D eigenvalue weighted by Crippen LogP contribution is -1.98. The molecule has 146 valence electrons. The monoisotopic (exact) mass is 408 g/mol. The number of nitrogens with one attached hydrogen (secondary N) is 1. The molecule has 29 heavy (non-hydrogen) atoms. The molecule has 1 N–H and O–H groups in total. The van der Waals surface area contributed by atoms with Gasteiger partial charge in [-0.2, -0.15) is 0 Å². The summed E-state index contributed by atoms with van der Waals surface area (Å²) >= 11 is 1.09. The second kappa shape index (κ2) is 8.05. The summed E-state index contributed by atoms with van der Waals surface area (Å²) in [6.45, 7) is 5.82. The lowest BCUT2D eigenvalue weighted by atomic mass is 10.1. The van der Waals surface area contributed by atoms with Gasteiger partial charge in [-0.3, -0.25) is 9.38 Å². The molecule has 0 spiro atoms. The first-order valence-electron chi connectivity index (χ1n) is 9.05. The number of aryl methyl sites for hydroxylation is 1. The second-order valence-electron chi connectivity index (χ2n) is 6.38. The van der Waals surface area contributed by atoms with Crippen LogP contribution in [0.1, 0.15) is 18.3 Å². The number of anilines is 1. The van der Waals surface area contributed by atoms with Crippen LogP contribution in [0, 0.1) is 11.6 Å². The van der Waals surface area contributed by atoms with E-state index in [-0.39, 0.29) is 0 Å². The Morgan fingerprint density at radius 1 is 1.10 bits per heavy atom. The summed E-state index contributed by atoms with van der Waals surface area (Å²) in [5.74, 6) is -1.20. The highest BCUT2D eigenvalue weighted by atomic mass is 32.2. The van der Waals surface area contributed by atoms with Crippen molar-refractivity contribution >= 4 is 29.4 Å². The minimum absolute atomic E-state index is 0.314. The number of imidazole rings is 1. The van der Waals surface area contributed by atoms with Crippen molar-refractivity contribution in [1.82, 2.24) is 14.4 Å². The highest BCUT2D eigenvalue weighted by molar-refractivity contribution is 8.00. The van der Waals surface area contributed by atoms with Crippen molar-refractivity contribution in [3.8, 4) is 11.1 Å². The van der Waals surface area contributed by atoms with E-state index in [4.69, 9.17) is 0 Å². The predicted octanol–water partition coefficient (Wildman–Crippen LogP) is 6.00. The van der Waals surface area contributed by atoms with E-state index < -0.39 is 11.6 Å². The number of fused-ring (bicyclic) bond motifs is 1. The van der Waals surface area contributed by atoms with Crippen molar-refractivity contribution in [2.75, 3.05) is 4.72 Å². The second-order valence-corrected chi connectivity index (χ2v) is 7.23. The summed E-state index contributed by atoms with van der Waals surface area (Å²) in [6, 6.07) is 9.41. The van der Waals surface area contributed by atoms with Crippen LogP contribution in [0.25, 0.3) is 22.9 Å². The van der Waals surface area contributed by atoms with Gasteiger partial charge in [0.25, 0.3) is 0 Å². The van der Waals surface area contributed by atoms with Gasteiger partial charge in [-0.1, -0.05) is 13.5 Å². The van der Waals surface area contributed by atoms with Crippen LogP contribution in [-0.2, 0) is 6.42 Å². The van der Waals surface area contributed by atoms with Crippen LogP contribution in [0.5, 0.6) is 0 Å².